The Bertz CT molecular complexity index is 1370. The van der Waals surface area contributed by atoms with Crippen LogP contribution in [0.4, 0.5) is 5.69 Å². The molecule has 0 aliphatic rings. The zero-order chi connectivity index (χ0) is 24.2. The van der Waals surface area contributed by atoms with Crippen molar-refractivity contribution in [3.63, 3.8) is 0 Å². The topological polar surface area (TPSA) is 106 Å². The molecular formula is C26H23N3O5. The number of aromatic nitrogens is 2. The van der Waals surface area contributed by atoms with Gasteiger partial charge < -0.3 is 14.7 Å². The Morgan fingerprint density at radius 3 is 2.18 bits per heavy atom. The maximum absolute atomic E-state index is 13.6. The summed E-state index contributed by atoms with van der Waals surface area (Å²) in [6.07, 6.45) is 0.134. The molecule has 172 valence electrons. The molecule has 1 aromatic heterocycles. The first-order valence-electron chi connectivity index (χ1n) is 10.5. The molecule has 0 amide bonds. The third kappa shape index (κ3) is 4.66. The Labute approximate surface area is 196 Å². The highest BCUT2D eigenvalue weighted by Crippen LogP contribution is 2.28. The number of methoxy groups -OCH3 is 1. The number of carboxylic acids is 1. The second-order valence-electron chi connectivity index (χ2n) is 7.92. The maximum Gasteiger partial charge on any atom is 0.336 e. The van der Waals surface area contributed by atoms with E-state index in [0.29, 0.717) is 27.9 Å². The van der Waals surface area contributed by atoms with E-state index in [1.807, 2.05) is 43.3 Å². The standard InChI is InChI=1S/C26H23N3O5/c1-29(2)19-9-4-16(5-10-19)14-21(25(30)17-6-11-20(33-3)12-7-17)24(26(31)32)18-8-13-22-23(15-18)28-34-27-22/h4-13,15H,14H2,1-3H3,(H,31,32)/b24-21+. The van der Waals surface area contributed by atoms with E-state index in [-0.39, 0.29) is 23.4 Å². The third-order valence-corrected chi connectivity index (χ3v) is 5.52. The number of anilines is 1. The van der Waals surface area contributed by atoms with Gasteiger partial charge in [-0.25, -0.2) is 9.42 Å². The molecule has 0 atom stereocenters. The molecule has 34 heavy (non-hydrogen) atoms. The van der Waals surface area contributed by atoms with Gasteiger partial charge in [-0.2, -0.15) is 0 Å². The van der Waals surface area contributed by atoms with E-state index >= 15 is 0 Å². The number of fused-ring (bicyclic) bond motifs is 1. The highest BCUT2D eigenvalue weighted by Gasteiger charge is 2.24. The minimum absolute atomic E-state index is 0.0950. The van der Waals surface area contributed by atoms with Crippen LogP contribution in [-0.4, -0.2) is 48.4 Å². The third-order valence-electron chi connectivity index (χ3n) is 5.52. The van der Waals surface area contributed by atoms with E-state index in [9.17, 15) is 14.7 Å². The van der Waals surface area contributed by atoms with Crippen LogP contribution in [0.25, 0.3) is 16.6 Å². The van der Waals surface area contributed by atoms with E-state index in [1.54, 1.807) is 42.5 Å². The van der Waals surface area contributed by atoms with Gasteiger partial charge >= 0.3 is 5.97 Å². The van der Waals surface area contributed by atoms with Gasteiger partial charge in [0.2, 0.25) is 0 Å². The molecule has 4 rings (SSSR count). The molecule has 0 aliphatic carbocycles. The molecule has 0 spiro atoms. The molecule has 0 fully saturated rings. The summed E-state index contributed by atoms with van der Waals surface area (Å²) in [6.45, 7) is 0. The van der Waals surface area contributed by atoms with Gasteiger partial charge in [0.1, 0.15) is 16.8 Å². The van der Waals surface area contributed by atoms with Crippen LogP contribution >= 0.6 is 0 Å². The number of rotatable bonds is 8. The number of allylic oxidation sites excluding steroid dienone is 1. The molecule has 8 nitrogen and oxygen atoms in total. The molecule has 0 bridgehead atoms. The number of carboxylic acid groups (broad SMARTS) is 1. The van der Waals surface area contributed by atoms with Gasteiger partial charge in [-0.15, -0.1) is 0 Å². The Balaban J connectivity index is 1.86. The van der Waals surface area contributed by atoms with Crippen LogP contribution in [0.1, 0.15) is 21.5 Å². The highest BCUT2D eigenvalue weighted by molar-refractivity contribution is 6.26. The highest BCUT2D eigenvalue weighted by atomic mass is 16.6. The second kappa shape index (κ2) is 9.58. The van der Waals surface area contributed by atoms with Crippen molar-refractivity contribution in [3.8, 4) is 5.75 Å². The second-order valence-corrected chi connectivity index (χ2v) is 7.92. The normalized spacial score (nSPS) is 11.7. The molecule has 1 N–H and O–H groups in total. The van der Waals surface area contributed by atoms with Crippen molar-refractivity contribution in [3.05, 3.63) is 89.0 Å². The van der Waals surface area contributed by atoms with Crippen LogP contribution in [0.5, 0.6) is 5.75 Å². The zero-order valence-electron chi connectivity index (χ0n) is 19.0. The number of ether oxygens (including phenoxy) is 1. The van der Waals surface area contributed by atoms with Crippen LogP contribution in [0.3, 0.4) is 0 Å². The van der Waals surface area contributed by atoms with Gasteiger partial charge in [0, 0.05) is 37.3 Å². The van der Waals surface area contributed by atoms with Crippen molar-refractivity contribution in [2.75, 3.05) is 26.1 Å². The molecule has 0 unspecified atom stereocenters. The lowest BCUT2D eigenvalue weighted by Crippen LogP contribution is -2.14. The number of aliphatic carboxylic acids is 1. The molecular weight excluding hydrogens is 434 g/mol. The number of carbonyl (C=O) groups excluding carboxylic acids is 1. The smallest absolute Gasteiger partial charge is 0.336 e. The van der Waals surface area contributed by atoms with Gasteiger partial charge in [-0.3, -0.25) is 4.79 Å². The van der Waals surface area contributed by atoms with Crippen LogP contribution in [0, 0.1) is 0 Å². The van der Waals surface area contributed by atoms with Gasteiger partial charge in [0.15, 0.2) is 5.78 Å². The first kappa shape index (κ1) is 22.7. The van der Waals surface area contributed by atoms with Crippen molar-refractivity contribution in [2.24, 2.45) is 0 Å². The van der Waals surface area contributed by atoms with E-state index in [0.717, 1.165) is 11.3 Å². The molecule has 1 heterocycles. The molecule has 8 heteroatoms. The molecule has 4 aromatic rings. The first-order valence-corrected chi connectivity index (χ1v) is 10.5. The summed E-state index contributed by atoms with van der Waals surface area (Å²) in [5.41, 5.74) is 3.48. The summed E-state index contributed by atoms with van der Waals surface area (Å²) in [6, 6.07) is 19.0. The van der Waals surface area contributed by atoms with Crippen molar-refractivity contribution in [1.29, 1.82) is 0 Å². The number of hydrogen-bond acceptors (Lipinski definition) is 7. The fourth-order valence-corrected chi connectivity index (χ4v) is 3.68. The molecule has 0 radical (unpaired) electrons. The van der Waals surface area contributed by atoms with E-state index in [4.69, 9.17) is 9.37 Å². The quantitative estimate of drug-likeness (QED) is 0.309. The van der Waals surface area contributed by atoms with Gasteiger partial charge in [-0.1, -0.05) is 18.2 Å². The predicted octanol–water partition coefficient (Wildman–Crippen LogP) is 4.26. The van der Waals surface area contributed by atoms with Gasteiger partial charge in [-0.05, 0) is 70.0 Å². The zero-order valence-corrected chi connectivity index (χ0v) is 19.0. The largest absolute Gasteiger partial charge is 0.497 e. The molecule has 3 aromatic carbocycles. The SMILES string of the molecule is COc1ccc(C(=O)/C(Cc2ccc(N(C)C)cc2)=C(/C(=O)O)c2ccc3nonc3c2)cc1. The maximum atomic E-state index is 13.6. The number of carbonyl (C=O) groups is 2. The Hall–Kier alpha value is -4.46. The molecule has 0 saturated carbocycles. The number of benzene rings is 3. The summed E-state index contributed by atoms with van der Waals surface area (Å²) < 4.78 is 9.92. The van der Waals surface area contributed by atoms with Crippen LogP contribution in [0.2, 0.25) is 0 Å². The lowest BCUT2D eigenvalue weighted by Gasteiger charge is -2.15. The minimum Gasteiger partial charge on any atom is -0.497 e. The predicted molar refractivity (Wildman–Crippen MR) is 128 cm³/mol. The summed E-state index contributed by atoms with van der Waals surface area (Å²) in [7, 11) is 5.41. The summed E-state index contributed by atoms with van der Waals surface area (Å²) in [4.78, 5) is 28.1. The molecule has 0 aliphatic heterocycles. The van der Waals surface area contributed by atoms with Crippen LogP contribution in [0.15, 0.2) is 76.9 Å². The first-order chi connectivity index (χ1) is 16.4. The van der Waals surface area contributed by atoms with Crippen molar-refractivity contribution < 1.29 is 24.1 Å². The fraction of sp³-hybridized carbons (Fsp3) is 0.154. The number of Topliss-reactive ketones (excluding diaryl/α,β-unsaturated/α-hetero) is 1. The fourth-order valence-electron chi connectivity index (χ4n) is 3.68. The molecule has 0 saturated heterocycles. The van der Waals surface area contributed by atoms with Gasteiger partial charge in [0.05, 0.1) is 12.7 Å². The Kier molecular flexibility index (Phi) is 6.40. The summed E-state index contributed by atoms with van der Waals surface area (Å²) in [5, 5.41) is 17.8. The average Bonchev–Trinajstić information content (AvgIpc) is 3.31. The van der Waals surface area contributed by atoms with Crippen LogP contribution < -0.4 is 9.64 Å². The Morgan fingerprint density at radius 2 is 1.56 bits per heavy atom. The van der Waals surface area contributed by atoms with Crippen molar-refractivity contribution in [2.45, 2.75) is 6.42 Å². The van der Waals surface area contributed by atoms with E-state index in [2.05, 4.69) is 10.3 Å². The summed E-state index contributed by atoms with van der Waals surface area (Å²) >= 11 is 0. The van der Waals surface area contributed by atoms with Gasteiger partial charge in [0.25, 0.3) is 0 Å². The number of hydrogen-bond donors (Lipinski definition) is 1. The monoisotopic (exact) mass is 457 g/mol. The van der Waals surface area contributed by atoms with E-state index in [1.165, 1.54) is 7.11 Å². The summed E-state index contributed by atoms with van der Waals surface area (Å²) in [5.74, 6) is -0.989. The van der Waals surface area contributed by atoms with Crippen molar-refractivity contribution in [1.82, 2.24) is 10.3 Å². The Morgan fingerprint density at radius 1 is 0.912 bits per heavy atom. The lowest BCUT2D eigenvalue weighted by molar-refractivity contribution is -0.130. The average molecular weight is 457 g/mol. The minimum atomic E-state index is -1.21. The number of nitrogens with zero attached hydrogens (tertiary/aromatic N) is 3. The number of ketones is 1. The van der Waals surface area contributed by atoms with Crippen molar-refractivity contribution >= 4 is 34.0 Å². The van der Waals surface area contributed by atoms with E-state index < -0.39 is 5.97 Å². The van der Waals surface area contributed by atoms with Crippen LogP contribution in [-0.2, 0) is 11.2 Å². The lowest BCUT2D eigenvalue weighted by atomic mass is 9.89.